The van der Waals surface area contributed by atoms with Crippen LogP contribution in [0.1, 0.15) is 38.8 Å². The molecule has 0 spiro atoms. The highest BCUT2D eigenvalue weighted by Gasteiger charge is 2.48. The number of nitrogens with zero attached hydrogens (tertiary/aromatic N) is 2. The van der Waals surface area contributed by atoms with Gasteiger partial charge in [0.2, 0.25) is 0 Å². The van der Waals surface area contributed by atoms with E-state index in [2.05, 4.69) is 4.98 Å². The van der Waals surface area contributed by atoms with Crippen molar-refractivity contribution in [2.45, 2.75) is 19.9 Å². The van der Waals surface area contributed by atoms with Crippen LogP contribution in [0.4, 0.5) is 5.13 Å². The van der Waals surface area contributed by atoms with Crippen molar-refractivity contribution in [3.05, 3.63) is 68.4 Å². The molecular weight excluding hydrogens is 464 g/mol. The first-order valence-electron chi connectivity index (χ1n) is 10.0. The number of thiophene rings is 1. The molecule has 1 saturated heterocycles. The first-order valence-corrected chi connectivity index (χ1v) is 11.7. The Morgan fingerprint density at radius 3 is 2.55 bits per heavy atom. The van der Waals surface area contributed by atoms with E-state index in [4.69, 9.17) is 9.47 Å². The van der Waals surface area contributed by atoms with E-state index in [0.29, 0.717) is 21.9 Å². The molecule has 1 fully saturated rings. The quantitative estimate of drug-likeness (QED) is 0.240. The van der Waals surface area contributed by atoms with E-state index in [1.807, 2.05) is 5.38 Å². The largest absolute Gasteiger partial charge is 0.507 e. The number of methoxy groups -OCH3 is 1. The normalized spacial score (nSPS) is 17.4. The van der Waals surface area contributed by atoms with Crippen molar-refractivity contribution in [3.63, 3.8) is 0 Å². The zero-order valence-electron chi connectivity index (χ0n) is 18.0. The average molecular weight is 485 g/mol. The van der Waals surface area contributed by atoms with Crippen LogP contribution in [0.5, 0.6) is 5.75 Å². The van der Waals surface area contributed by atoms with Gasteiger partial charge in [-0.3, -0.25) is 14.5 Å². The van der Waals surface area contributed by atoms with Gasteiger partial charge in [0.15, 0.2) is 5.13 Å². The Morgan fingerprint density at radius 2 is 1.94 bits per heavy atom. The summed E-state index contributed by atoms with van der Waals surface area (Å²) < 4.78 is 10.2. The maximum absolute atomic E-state index is 13.1. The molecule has 2 aromatic heterocycles. The summed E-state index contributed by atoms with van der Waals surface area (Å²) in [6, 6.07) is 9.22. The van der Waals surface area contributed by atoms with E-state index in [9.17, 15) is 19.5 Å². The summed E-state index contributed by atoms with van der Waals surface area (Å²) in [5.74, 6) is -1.90. The first kappa shape index (κ1) is 22.7. The van der Waals surface area contributed by atoms with Crippen LogP contribution in [0.15, 0.2) is 47.4 Å². The molecule has 1 aliphatic rings. The number of thiazole rings is 1. The number of esters is 1. The highest BCUT2D eigenvalue weighted by molar-refractivity contribution is 7.18. The second-order valence-corrected chi connectivity index (χ2v) is 9.00. The zero-order valence-corrected chi connectivity index (χ0v) is 19.7. The molecule has 1 unspecified atom stereocenters. The standard InChI is InChI=1S/C23H20N2O6S2/c1-4-31-22(29)20-12(2)24-23(33-20)25-17(15-6-5-11-32-15)16(19(27)21(25)28)18(26)13-7-9-14(30-3)10-8-13/h5-11,17,26H,4H2,1-3H3/b18-16-. The summed E-state index contributed by atoms with van der Waals surface area (Å²) in [6.45, 7) is 3.54. The van der Waals surface area contributed by atoms with E-state index in [1.165, 1.54) is 23.3 Å². The lowest BCUT2D eigenvalue weighted by molar-refractivity contribution is -0.132. The van der Waals surface area contributed by atoms with Crippen molar-refractivity contribution < 1.29 is 29.0 Å². The number of aliphatic hydroxyl groups is 1. The molecule has 10 heteroatoms. The minimum absolute atomic E-state index is 0.0434. The molecule has 33 heavy (non-hydrogen) atoms. The third-order valence-electron chi connectivity index (χ3n) is 5.07. The third-order valence-corrected chi connectivity index (χ3v) is 7.13. The Bertz CT molecular complexity index is 1240. The molecule has 8 nitrogen and oxygen atoms in total. The predicted molar refractivity (Wildman–Crippen MR) is 125 cm³/mol. The van der Waals surface area contributed by atoms with Crippen molar-refractivity contribution in [1.82, 2.24) is 4.98 Å². The number of rotatable bonds is 6. The van der Waals surface area contributed by atoms with Crippen LogP contribution < -0.4 is 9.64 Å². The summed E-state index contributed by atoms with van der Waals surface area (Å²) >= 11 is 2.32. The van der Waals surface area contributed by atoms with Gasteiger partial charge in [0.1, 0.15) is 22.4 Å². The van der Waals surface area contributed by atoms with Crippen molar-refractivity contribution in [2.24, 2.45) is 0 Å². The molecule has 3 heterocycles. The van der Waals surface area contributed by atoms with Gasteiger partial charge in [0.05, 0.1) is 25.0 Å². The fourth-order valence-corrected chi connectivity index (χ4v) is 5.33. The molecule has 3 aromatic rings. The van der Waals surface area contributed by atoms with Gasteiger partial charge in [0.25, 0.3) is 5.78 Å². The number of anilines is 1. The Labute approximate surface area is 197 Å². The highest BCUT2D eigenvalue weighted by atomic mass is 32.1. The van der Waals surface area contributed by atoms with Gasteiger partial charge >= 0.3 is 11.9 Å². The van der Waals surface area contributed by atoms with E-state index < -0.39 is 23.7 Å². The van der Waals surface area contributed by atoms with E-state index in [0.717, 1.165) is 11.3 Å². The molecule has 0 bridgehead atoms. The summed E-state index contributed by atoms with van der Waals surface area (Å²) in [6.07, 6.45) is 0. The number of hydrogen-bond donors (Lipinski definition) is 1. The molecule has 1 aromatic carbocycles. The number of Topliss-reactive ketones (excluding diaryl/α,β-unsaturated/α-hetero) is 1. The van der Waals surface area contributed by atoms with Crippen molar-refractivity contribution in [2.75, 3.05) is 18.6 Å². The van der Waals surface area contributed by atoms with Crippen LogP contribution in [0.2, 0.25) is 0 Å². The molecule has 0 radical (unpaired) electrons. The predicted octanol–water partition coefficient (Wildman–Crippen LogP) is 4.32. The number of ether oxygens (including phenoxy) is 2. The Kier molecular flexibility index (Phi) is 6.30. The molecular formula is C23H20N2O6S2. The third kappa shape index (κ3) is 4.03. The monoisotopic (exact) mass is 484 g/mol. The molecule has 1 N–H and O–H groups in total. The van der Waals surface area contributed by atoms with Gasteiger partial charge in [-0.25, -0.2) is 9.78 Å². The SMILES string of the molecule is CCOC(=O)c1sc(N2C(=O)C(=O)/C(=C(\O)c3ccc(OC)cc3)C2c2cccs2)nc1C. The van der Waals surface area contributed by atoms with E-state index in [-0.39, 0.29) is 27.9 Å². The summed E-state index contributed by atoms with van der Waals surface area (Å²) in [5.41, 5.74) is 0.728. The van der Waals surface area contributed by atoms with E-state index in [1.54, 1.807) is 50.2 Å². The van der Waals surface area contributed by atoms with Crippen LogP contribution in [-0.2, 0) is 14.3 Å². The fourth-order valence-electron chi connectivity index (χ4n) is 3.52. The smallest absolute Gasteiger partial charge is 0.350 e. The summed E-state index contributed by atoms with van der Waals surface area (Å²) in [4.78, 5) is 45.1. The van der Waals surface area contributed by atoms with Crippen molar-refractivity contribution in [1.29, 1.82) is 0 Å². The number of carbonyl (C=O) groups is 3. The Morgan fingerprint density at radius 1 is 1.21 bits per heavy atom. The minimum Gasteiger partial charge on any atom is -0.507 e. The van der Waals surface area contributed by atoms with Gasteiger partial charge in [0, 0.05) is 10.4 Å². The summed E-state index contributed by atoms with van der Waals surface area (Å²) in [5, 5.41) is 13.1. The minimum atomic E-state index is -0.882. The molecule has 170 valence electrons. The Hall–Kier alpha value is -3.50. The van der Waals surface area contributed by atoms with Gasteiger partial charge in [-0.1, -0.05) is 17.4 Å². The van der Waals surface area contributed by atoms with Crippen LogP contribution in [0.3, 0.4) is 0 Å². The number of carbonyl (C=O) groups excluding carboxylic acids is 3. The molecule has 0 aliphatic carbocycles. The second kappa shape index (κ2) is 9.16. The number of hydrogen-bond acceptors (Lipinski definition) is 9. The van der Waals surface area contributed by atoms with Crippen LogP contribution >= 0.6 is 22.7 Å². The van der Waals surface area contributed by atoms with Gasteiger partial charge in [-0.05, 0) is 49.6 Å². The highest BCUT2D eigenvalue weighted by Crippen LogP contribution is 2.45. The lowest BCUT2D eigenvalue weighted by atomic mass is 10.00. The zero-order chi connectivity index (χ0) is 23.7. The number of aryl methyl sites for hydroxylation is 1. The summed E-state index contributed by atoms with van der Waals surface area (Å²) in [7, 11) is 1.53. The molecule has 1 aliphatic heterocycles. The number of aliphatic hydroxyl groups excluding tert-OH is 1. The number of ketones is 1. The molecule has 0 saturated carbocycles. The topological polar surface area (TPSA) is 106 Å². The maximum Gasteiger partial charge on any atom is 0.350 e. The van der Waals surface area contributed by atoms with E-state index >= 15 is 0 Å². The number of aromatic nitrogens is 1. The van der Waals surface area contributed by atoms with Crippen LogP contribution in [0, 0.1) is 6.92 Å². The lowest BCUT2D eigenvalue weighted by Crippen LogP contribution is -2.29. The number of amides is 1. The molecule has 4 rings (SSSR count). The van der Waals surface area contributed by atoms with Crippen LogP contribution in [-0.4, -0.2) is 41.5 Å². The van der Waals surface area contributed by atoms with Crippen molar-refractivity contribution >= 4 is 51.2 Å². The van der Waals surface area contributed by atoms with Gasteiger partial charge < -0.3 is 14.6 Å². The van der Waals surface area contributed by atoms with Crippen molar-refractivity contribution in [3.8, 4) is 5.75 Å². The maximum atomic E-state index is 13.1. The second-order valence-electron chi connectivity index (χ2n) is 7.04. The lowest BCUT2D eigenvalue weighted by Gasteiger charge is -2.21. The molecule has 1 amide bonds. The number of benzene rings is 1. The van der Waals surface area contributed by atoms with Crippen LogP contribution in [0.25, 0.3) is 5.76 Å². The van der Waals surface area contributed by atoms with Gasteiger partial charge in [-0.2, -0.15) is 0 Å². The van der Waals surface area contributed by atoms with Gasteiger partial charge in [-0.15, -0.1) is 11.3 Å². The fraction of sp³-hybridized carbons (Fsp3) is 0.217. The average Bonchev–Trinajstić information content (AvgIpc) is 3.53. The first-order chi connectivity index (χ1) is 15.9. The molecule has 1 atom stereocenters. The Balaban J connectivity index is 1.85.